The minimum atomic E-state index is -3.20. The van der Waals surface area contributed by atoms with Crippen molar-refractivity contribution < 1.29 is 13.2 Å². The fraction of sp³-hybridized carbons (Fsp3) is 0.435. The maximum atomic E-state index is 12.8. The van der Waals surface area contributed by atoms with Crippen LogP contribution in [0.2, 0.25) is 0 Å². The van der Waals surface area contributed by atoms with E-state index < -0.39 is 10.0 Å². The van der Waals surface area contributed by atoms with Gasteiger partial charge in [0.25, 0.3) is 0 Å². The Morgan fingerprint density at radius 2 is 1.70 bits per heavy atom. The molecule has 0 atom stereocenters. The fourth-order valence-corrected chi connectivity index (χ4v) is 5.44. The molecule has 3 aromatic rings. The van der Waals surface area contributed by atoms with Crippen molar-refractivity contribution in [3.63, 3.8) is 0 Å². The average molecular weight is 428 g/mol. The van der Waals surface area contributed by atoms with Gasteiger partial charge in [0.05, 0.1) is 5.75 Å². The summed E-state index contributed by atoms with van der Waals surface area (Å²) >= 11 is 0. The highest BCUT2D eigenvalue weighted by atomic mass is 32.2. The summed E-state index contributed by atoms with van der Waals surface area (Å²) in [5.74, 6) is 0.0232. The SMILES string of the molecule is CCn1c2ccccc2c2cc(NC(=O)[C@H]3CC[C@H](NS(=O)(=O)CC)CC3)ccc21. The highest BCUT2D eigenvalue weighted by Gasteiger charge is 2.28. The molecule has 0 radical (unpaired) electrons. The van der Waals surface area contributed by atoms with Crippen molar-refractivity contribution in [1.82, 2.24) is 9.29 Å². The molecule has 160 valence electrons. The molecular weight excluding hydrogens is 398 g/mol. The first kappa shape index (κ1) is 20.9. The van der Waals surface area contributed by atoms with E-state index in [1.165, 1.54) is 16.4 Å². The Hall–Kier alpha value is -2.38. The molecule has 2 N–H and O–H groups in total. The van der Waals surface area contributed by atoms with Crippen LogP contribution in [0, 0.1) is 5.92 Å². The fourth-order valence-electron chi connectivity index (χ4n) is 4.53. The van der Waals surface area contributed by atoms with Crippen molar-refractivity contribution in [1.29, 1.82) is 0 Å². The molecule has 1 heterocycles. The van der Waals surface area contributed by atoms with Gasteiger partial charge >= 0.3 is 0 Å². The van der Waals surface area contributed by atoms with Gasteiger partial charge in [0.15, 0.2) is 0 Å². The molecule has 30 heavy (non-hydrogen) atoms. The predicted octanol–water partition coefficient (Wildman–Crippen LogP) is 4.25. The second kappa shape index (κ2) is 8.40. The predicted molar refractivity (Wildman–Crippen MR) is 122 cm³/mol. The molecular formula is C23H29N3O3S. The molecule has 1 aliphatic rings. The van der Waals surface area contributed by atoms with E-state index in [0.717, 1.165) is 17.6 Å². The van der Waals surface area contributed by atoms with Crippen LogP contribution in [0.4, 0.5) is 5.69 Å². The highest BCUT2D eigenvalue weighted by Crippen LogP contribution is 2.32. The van der Waals surface area contributed by atoms with Crippen molar-refractivity contribution >= 4 is 43.4 Å². The Balaban J connectivity index is 1.47. The van der Waals surface area contributed by atoms with Crippen LogP contribution in [0.5, 0.6) is 0 Å². The number of fused-ring (bicyclic) bond motifs is 3. The van der Waals surface area contributed by atoms with Gasteiger partial charge in [-0.3, -0.25) is 4.79 Å². The summed E-state index contributed by atoms with van der Waals surface area (Å²) in [7, 11) is -3.20. The maximum absolute atomic E-state index is 12.8. The quantitative estimate of drug-likeness (QED) is 0.617. The Labute approximate surface area is 177 Å². The van der Waals surface area contributed by atoms with Gasteiger partial charge in [0.1, 0.15) is 0 Å². The zero-order valence-corrected chi connectivity index (χ0v) is 18.3. The van der Waals surface area contributed by atoms with Crippen LogP contribution >= 0.6 is 0 Å². The first-order chi connectivity index (χ1) is 14.4. The lowest BCUT2D eigenvalue weighted by molar-refractivity contribution is -0.120. The van der Waals surface area contributed by atoms with Gasteiger partial charge in [-0.25, -0.2) is 13.1 Å². The Kier molecular flexibility index (Phi) is 5.84. The molecule has 1 saturated carbocycles. The van der Waals surface area contributed by atoms with E-state index in [-0.39, 0.29) is 23.6 Å². The normalized spacial score (nSPS) is 19.9. The maximum Gasteiger partial charge on any atom is 0.227 e. The van der Waals surface area contributed by atoms with Gasteiger partial charge in [-0.05, 0) is 63.8 Å². The van der Waals surface area contributed by atoms with Gasteiger partial charge in [-0.2, -0.15) is 0 Å². The van der Waals surface area contributed by atoms with Crippen LogP contribution in [0.3, 0.4) is 0 Å². The van der Waals surface area contributed by atoms with Crippen molar-refractivity contribution in [3.05, 3.63) is 42.5 Å². The topological polar surface area (TPSA) is 80.2 Å². The summed E-state index contributed by atoms with van der Waals surface area (Å²) in [6.07, 6.45) is 2.78. The van der Waals surface area contributed by atoms with Crippen molar-refractivity contribution in [2.75, 3.05) is 11.1 Å². The molecule has 0 unspecified atom stereocenters. The molecule has 6 nitrogen and oxygen atoms in total. The molecule has 0 bridgehead atoms. The third-order valence-corrected chi connectivity index (χ3v) is 7.63. The molecule has 0 aliphatic heterocycles. The standard InChI is InChI=1S/C23H29N3O3S/c1-3-26-21-8-6-5-7-19(21)20-15-18(13-14-22(20)26)24-23(27)16-9-11-17(12-10-16)25-30(28,29)4-2/h5-8,13-17,25H,3-4,9-12H2,1-2H3,(H,24,27)/t16-,17-. The van der Waals surface area contributed by atoms with E-state index in [0.29, 0.717) is 25.7 Å². The number of sulfonamides is 1. The zero-order chi connectivity index (χ0) is 21.3. The highest BCUT2D eigenvalue weighted by molar-refractivity contribution is 7.89. The lowest BCUT2D eigenvalue weighted by atomic mass is 9.86. The number of para-hydroxylation sites is 1. The summed E-state index contributed by atoms with van der Waals surface area (Å²) in [4.78, 5) is 12.8. The summed E-state index contributed by atoms with van der Waals surface area (Å²) < 4.78 is 28.5. The lowest BCUT2D eigenvalue weighted by Gasteiger charge is -2.28. The number of hydrogen-bond acceptors (Lipinski definition) is 3. The van der Waals surface area contributed by atoms with E-state index in [1.807, 2.05) is 18.2 Å². The number of nitrogens with zero attached hydrogens (tertiary/aromatic N) is 1. The molecule has 1 fully saturated rings. The number of benzene rings is 2. The van der Waals surface area contributed by atoms with Crippen LogP contribution in [-0.2, 0) is 21.4 Å². The van der Waals surface area contributed by atoms with E-state index in [4.69, 9.17) is 0 Å². The number of anilines is 1. The number of aryl methyl sites for hydroxylation is 1. The van der Waals surface area contributed by atoms with E-state index in [1.54, 1.807) is 6.92 Å². The van der Waals surface area contributed by atoms with E-state index in [9.17, 15) is 13.2 Å². The van der Waals surface area contributed by atoms with Crippen molar-refractivity contribution in [3.8, 4) is 0 Å². The Morgan fingerprint density at radius 3 is 2.40 bits per heavy atom. The minimum absolute atomic E-state index is 0.0189. The molecule has 1 aliphatic carbocycles. The van der Waals surface area contributed by atoms with Crippen LogP contribution in [0.1, 0.15) is 39.5 Å². The molecule has 1 aromatic heterocycles. The second-order valence-corrected chi connectivity index (χ2v) is 10.1. The first-order valence-corrected chi connectivity index (χ1v) is 12.4. The van der Waals surface area contributed by atoms with Crippen LogP contribution in [0.25, 0.3) is 21.8 Å². The number of carbonyl (C=O) groups is 1. The molecule has 2 aromatic carbocycles. The van der Waals surface area contributed by atoms with Gasteiger partial charge in [-0.15, -0.1) is 0 Å². The number of rotatable bonds is 6. The summed E-state index contributed by atoms with van der Waals surface area (Å²) in [6, 6.07) is 14.4. The molecule has 4 rings (SSSR count). The monoisotopic (exact) mass is 427 g/mol. The summed E-state index contributed by atoms with van der Waals surface area (Å²) in [6.45, 7) is 4.66. The van der Waals surface area contributed by atoms with E-state index in [2.05, 4.69) is 45.8 Å². The summed E-state index contributed by atoms with van der Waals surface area (Å²) in [5.41, 5.74) is 3.17. The third-order valence-electron chi connectivity index (χ3n) is 6.18. The van der Waals surface area contributed by atoms with E-state index >= 15 is 0 Å². The van der Waals surface area contributed by atoms with Crippen LogP contribution < -0.4 is 10.0 Å². The number of carbonyl (C=O) groups excluding carboxylic acids is 1. The lowest BCUT2D eigenvalue weighted by Crippen LogP contribution is -2.40. The zero-order valence-electron chi connectivity index (χ0n) is 17.5. The molecule has 1 amide bonds. The van der Waals surface area contributed by atoms with Crippen molar-refractivity contribution in [2.24, 2.45) is 5.92 Å². The van der Waals surface area contributed by atoms with Gasteiger partial charge in [0.2, 0.25) is 15.9 Å². The number of amides is 1. The minimum Gasteiger partial charge on any atom is -0.341 e. The van der Waals surface area contributed by atoms with Gasteiger partial charge < -0.3 is 9.88 Å². The van der Waals surface area contributed by atoms with Crippen LogP contribution in [-0.4, -0.2) is 30.7 Å². The smallest absolute Gasteiger partial charge is 0.227 e. The first-order valence-electron chi connectivity index (χ1n) is 10.7. The summed E-state index contributed by atoms with van der Waals surface area (Å²) in [5, 5.41) is 5.41. The average Bonchev–Trinajstić information content (AvgIpc) is 3.07. The number of nitrogens with one attached hydrogen (secondary N) is 2. The molecule has 7 heteroatoms. The van der Waals surface area contributed by atoms with Crippen LogP contribution in [0.15, 0.2) is 42.5 Å². The molecule has 0 spiro atoms. The van der Waals surface area contributed by atoms with Gasteiger partial charge in [-0.1, -0.05) is 18.2 Å². The number of hydrogen-bond donors (Lipinski definition) is 2. The van der Waals surface area contributed by atoms with Crippen molar-refractivity contribution in [2.45, 2.75) is 52.1 Å². The Morgan fingerprint density at radius 1 is 1.00 bits per heavy atom. The second-order valence-electron chi connectivity index (χ2n) is 8.05. The molecule has 0 saturated heterocycles. The largest absolute Gasteiger partial charge is 0.341 e. The number of aromatic nitrogens is 1. The Bertz CT molecular complexity index is 1180. The van der Waals surface area contributed by atoms with Gasteiger partial charge in [0, 0.05) is 46.0 Å². The third kappa shape index (κ3) is 4.09.